The number of ether oxygens (including phenoxy) is 1. The van der Waals surface area contributed by atoms with Gasteiger partial charge in [-0.05, 0) is 84.1 Å². The maximum atomic E-state index is 14.1. The summed E-state index contributed by atoms with van der Waals surface area (Å²) in [6.07, 6.45) is 6.21. The smallest absolute Gasteiger partial charge is 0.266 e. The highest BCUT2D eigenvalue weighted by Crippen LogP contribution is 2.39. The quantitative estimate of drug-likeness (QED) is 0.499. The molecule has 9 heteroatoms. The molecule has 2 saturated carbocycles. The van der Waals surface area contributed by atoms with Crippen LogP contribution in [0.1, 0.15) is 93.6 Å². The van der Waals surface area contributed by atoms with Crippen LogP contribution in [0.4, 0.5) is 5.69 Å². The van der Waals surface area contributed by atoms with E-state index in [0.717, 1.165) is 37.0 Å². The van der Waals surface area contributed by atoms with Gasteiger partial charge in [-0.1, -0.05) is 18.8 Å². The van der Waals surface area contributed by atoms with Crippen molar-refractivity contribution in [2.45, 2.75) is 91.2 Å². The van der Waals surface area contributed by atoms with E-state index in [1.54, 1.807) is 24.1 Å². The molecule has 0 aromatic carbocycles. The van der Waals surface area contributed by atoms with Crippen molar-refractivity contribution in [1.82, 2.24) is 9.78 Å². The van der Waals surface area contributed by atoms with Crippen molar-refractivity contribution < 1.29 is 19.4 Å². The van der Waals surface area contributed by atoms with Crippen molar-refractivity contribution >= 4 is 28.9 Å². The molecule has 0 aliphatic heterocycles. The second-order valence-electron chi connectivity index (χ2n) is 12.0. The second kappa shape index (κ2) is 12.0. The summed E-state index contributed by atoms with van der Waals surface area (Å²) in [5.41, 5.74) is -0.0347. The molecular weight excluding hydrogens is 514 g/mol. The van der Waals surface area contributed by atoms with Crippen molar-refractivity contribution in [3.8, 4) is 17.7 Å². The fourth-order valence-electron chi connectivity index (χ4n) is 5.35. The molecule has 2 aliphatic rings. The second-order valence-corrected chi connectivity index (χ2v) is 13.0. The van der Waals surface area contributed by atoms with Crippen LogP contribution >= 0.6 is 11.3 Å². The summed E-state index contributed by atoms with van der Waals surface area (Å²) >= 11 is 1.08. The van der Waals surface area contributed by atoms with Gasteiger partial charge in [-0.25, -0.2) is 4.68 Å². The number of hydrogen-bond donors (Lipinski definition) is 0. The number of aromatic carboxylic acids is 1. The molecule has 0 N–H and O–H groups in total. The molecule has 0 atom stereocenters. The van der Waals surface area contributed by atoms with Gasteiger partial charge in [0.1, 0.15) is 6.10 Å². The summed E-state index contributed by atoms with van der Waals surface area (Å²) in [7, 11) is 1.58. The Morgan fingerprint density at radius 3 is 2.36 bits per heavy atom. The summed E-state index contributed by atoms with van der Waals surface area (Å²) in [6, 6.07) is 4.61. The number of carboxylic acid groups (broad SMARTS) is 1. The Balaban J connectivity index is 1.60. The number of hydrogen-bond acceptors (Lipinski definition) is 7. The topological polar surface area (TPSA) is 105 Å². The lowest BCUT2D eigenvalue weighted by atomic mass is 9.81. The van der Waals surface area contributed by atoms with Crippen molar-refractivity contribution in [1.29, 1.82) is 0 Å². The maximum Gasteiger partial charge on any atom is 0.266 e. The number of anilines is 1. The van der Waals surface area contributed by atoms with Gasteiger partial charge in [0.2, 0.25) is 11.8 Å². The molecule has 0 unspecified atom stereocenters. The molecule has 2 aliphatic carbocycles. The minimum absolute atomic E-state index is 0.00150. The van der Waals surface area contributed by atoms with Crippen molar-refractivity contribution in [3.63, 3.8) is 0 Å². The van der Waals surface area contributed by atoms with E-state index in [9.17, 15) is 19.5 Å². The van der Waals surface area contributed by atoms with E-state index >= 15 is 0 Å². The first-order valence-corrected chi connectivity index (χ1v) is 14.7. The van der Waals surface area contributed by atoms with Gasteiger partial charge >= 0.3 is 0 Å². The molecule has 210 valence electrons. The third kappa shape index (κ3) is 7.30. The van der Waals surface area contributed by atoms with Crippen LogP contribution in [0.5, 0.6) is 5.88 Å². The highest BCUT2D eigenvalue weighted by atomic mass is 32.1. The standard InChI is InChI=1S/C30H39N3O5S/c1-19-6-8-20(9-7-19)28(35)33(24-18-23(16-17-30(2,3)4)39-27(24)29(36)37)21-10-12-22(13-11-21)38-25-14-15-26(34)32(5)31-25/h14-15,18-22H,6-13H2,1-5H3,(H,36,37)/p-1. The molecule has 4 rings (SSSR count). The first-order chi connectivity index (χ1) is 18.4. The molecule has 0 spiro atoms. The Morgan fingerprint density at radius 2 is 1.77 bits per heavy atom. The van der Waals surface area contributed by atoms with Crippen molar-refractivity contribution in [2.24, 2.45) is 24.3 Å². The normalized spacial score (nSPS) is 23.4. The first kappa shape index (κ1) is 28.9. The Labute approximate surface area is 234 Å². The zero-order chi connectivity index (χ0) is 28.3. The van der Waals surface area contributed by atoms with E-state index in [1.165, 1.54) is 10.7 Å². The average molecular weight is 553 g/mol. The van der Waals surface area contributed by atoms with Crippen LogP contribution < -0.4 is 20.3 Å². The van der Waals surface area contributed by atoms with Crippen molar-refractivity contribution in [3.05, 3.63) is 38.3 Å². The summed E-state index contributed by atoms with van der Waals surface area (Å²) in [4.78, 5) is 40.4. The lowest BCUT2D eigenvalue weighted by molar-refractivity contribution is -0.254. The Bertz CT molecular complexity index is 1310. The van der Waals surface area contributed by atoms with Gasteiger partial charge in [0.25, 0.3) is 5.56 Å². The number of carbonyl (C=O) groups is 2. The summed E-state index contributed by atoms with van der Waals surface area (Å²) in [5, 5.41) is 16.4. The first-order valence-electron chi connectivity index (χ1n) is 13.8. The Hall–Kier alpha value is -3.12. The number of carbonyl (C=O) groups excluding carboxylic acids is 2. The van der Waals surface area contributed by atoms with Gasteiger partial charge < -0.3 is 19.5 Å². The Morgan fingerprint density at radius 1 is 1.10 bits per heavy atom. The minimum atomic E-state index is -1.29. The molecular formula is C30H38N3O5S-. The summed E-state index contributed by atoms with van der Waals surface area (Å²) in [6.45, 7) is 8.21. The molecule has 2 heterocycles. The molecule has 2 fully saturated rings. The van der Waals surface area contributed by atoms with E-state index in [4.69, 9.17) is 4.74 Å². The predicted octanol–water partition coefficient (Wildman–Crippen LogP) is 4.15. The largest absolute Gasteiger partial charge is 0.544 e. The summed E-state index contributed by atoms with van der Waals surface area (Å²) in [5.74, 6) is 5.87. The lowest BCUT2D eigenvalue weighted by Gasteiger charge is -2.39. The number of amides is 1. The molecule has 2 aromatic heterocycles. The van der Waals surface area contributed by atoms with Gasteiger partial charge in [-0.3, -0.25) is 9.59 Å². The molecule has 0 radical (unpaired) electrons. The van der Waals surface area contributed by atoms with E-state index in [-0.39, 0.29) is 39.8 Å². The van der Waals surface area contributed by atoms with Gasteiger partial charge in [-0.2, -0.15) is 0 Å². The predicted molar refractivity (Wildman–Crippen MR) is 150 cm³/mol. The van der Waals surface area contributed by atoms with Crippen LogP contribution in [0.2, 0.25) is 0 Å². The molecule has 0 saturated heterocycles. The van der Waals surface area contributed by atoms with Crippen LogP contribution in [-0.2, 0) is 11.8 Å². The van der Waals surface area contributed by atoms with E-state index in [2.05, 4.69) is 23.9 Å². The summed E-state index contributed by atoms with van der Waals surface area (Å²) < 4.78 is 7.29. The van der Waals surface area contributed by atoms with Gasteiger partial charge in [-0.15, -0.1) is 16.4 Å². The number of nitrogens with zero attached hydrogens (tertiary/aromatic N) is 3. The lowest BCUT2D eigenvalue weighted by Crippen LogP contribution is -2.47. The van der Waals surface area contributed by atoms with E-state index in [0.29, 0.717) is 48.0 Å². The molecule has 2 aromatic rings. The van der Waals surface area contributed by atoms with Crippen LogP contribution in [0.3, 0.4) is 0 Å². The maximum absolute atomic E-state index is 14.1. The number of rotatable bonds is 6. The van der Waals surface area contributed by atoms with E-state index < -0.39 is 5.97 Å². The van der Waals surface area contributed by atoms with Crippen LogP contribution in [0.25, 0.3) is 0 Å². The van der Waals surface area contributed by atoms with Gasteiger partial charge in [0.05, 0.1) is 21.4 Å². The zero-order valence-electron chi connectivity index (χ0n) is 23.5. The Kier molecular flexibility index (Phi) is 8.85. The fraction of sp³-hybridized carbons (Fsp3) is 0.600. The minimum Gasteiger partial charge on any atom is -0.544 e. The molecule has 39 heavy (non-hydrogen) atoms. The SMILES string of the molecule is CC1CCC(C(=O)N(c2cc(C#CC(C)(C)C)sc2C(=O)[O-])C2CCC(Oc3ccc(=O)n(C)n3)CC2)CC1. The molecule has 1 amide bonds. The number of aromatic nitrogens is 2. The van der Waals surface area contributed by atoms with Crippen LogP contribution in [0.15, 0.2) is 23.0 Å². The van der Waals surface area contributed by atoms with Gasteiger partial charge in [0.15, 0.2) is 0 Å². The molecule has 8 nitrogen and oxygen atoms in total. The third-order valence-corrected chi connectivity index (χ3v) is 8.57. The zero-order valence-corrected chi connectivity index (χ0v) is 24.3. The monoisotopic (exact) mass is 552 g/mol. The van der Waals surface area contributed by atoms with Crippen molar-refractivity contribution in [2.75, 3.05) is 4.90 Å². The van der Waals surface area contributed by atoms with Gasteiger partial charge in [0, 0.05) is 36.6 Å². The molecule has 0 bridgehead atoms. The fourth-order valence-corrected chi connectivity index (χ4v) is 6.19. The van der Waals surface area contributed by atoms with Crippen LogP contribution in [-0.4, -0.2) is 33.8 Å². The van der Waals surface area contributed by atoms with Crippen LogP contribution in [0, 0.1) is 29.1 Å². The number of thiophene rings is 1. The average Bonchev–Trinajstić information content (AvgIpc) is 3.30. The number of aryl methyl sites for hydroxylation is 1. The highest BCUT2D eigenvalue weighted by Gasteiger charge is 2.37. The third-order valence-electron chi connectivity index (χ3n) is 7.55. The number of carboxylic acids is 1. The van der Waals surface area contributed by atoms with E-state index in [1.807, 2.05) is 20.8 Å². The highest BCUT2D eigenvalue weighted by molar-refractivity contribution is 7.15.